The van der Waals surface area contributed by atoms with Gasteiger partial charge in [-0.3, -0.25) is 0 Å². The monoisotopic (exact) mass is 287 g/mol. The lowest BCUT2D eigenvalue weighted by atomic mass is 10.3. The third-order valence-corrected chi connectivity index (χ3v) is 4.75. The Morgan fingerprint density at radius 3 is 2.67 bits per heavy atom. The zero-order chi connectivity index (χ0) is 13.8. The molecule has 5 nitrogen and oxygen atoms in total. The maximum atomic E-state index is 12.3. The van der Waals surface area contributed by atoms with Crippen LogP contribution in [0, 0.1) is 11.3 Å². The van der Waals surface area contributed by atoms with Gasteiger partial charge in [-0.1, -0.05) is 18.5 Å². The zero-order valence-corrected chi connectivity index (χ0v) is 11.5. The van der Waals surface area contributed by atoms with Crippen molar-refractivity contribution in [3.05, 3.63) is 23.2 Å². The van der Waals surface area contributed by atoms with E-state index in [1.54, 1.807) is 6.92 Å². The Bertz CT molecular complexity index is 566. The van der Waals surface area contributed by atoms with Gasteiger partial charge in [-0.05, 0) is 18.2 Å². The van der Waals surface area contributed by atoms with Crippen LogP contribution in [0.4, 0.5) is 5.69 Å². The quantitative estimate of drug-likeness (QED) is 0.837. The molecule has 0 aliphatic rings. The fourth-order valence-corrected chi connectivity index (χ4v) is 3.06. The van der Waals surface area contributed by atoms with Crippen molar-refractivity contribution in [2.45, 2.75) is 18.2 Å². The summed E-state index contributed by atoms with van der Waals surface area (Å²) < 4.78 is 25.7. The number of rotatable bonds is 5. The van der Waals surface area contributed by atoms with Crippen LogP contribution >= 0.6 is 11.6 Å². The second-order valence-electron chi connectivity index (χ2n) is 3.59. The van der Waals surface area contributed by atoms with Crippen molar-refractivity contribution in [1.29, 1.82) is 5.26 Å². The first-order valence-corrected chi connectivity index (χ1v) is 7.17. The molecule has 0 spiro atoms. The van der Waals surface area contributed by atoms with Crippen LogP contribution in [0.2, 0.25) is 5.02 Å². The van der Waals surface area contributed by atoms with Crippen LogP contribution in [-0.4, -0.2) is 25.8 Å². The number of benzene rings is 1. The molecule has 0 atom stereocenters. The van der Waals surface area contributed by atoms with Gasteiger partial charge in [0.15, 0.2) is 0 Å². The van der Waals surface area contributed by atoms with Crippen molar-refractivity contribution in [2.75, 3.05) is 18.8 Å². The second-order valence-corrected chi connectivity index (χ2v) is 5.93. The van der Waals surface area contributed by atoms with Gasteiger partial charge in [-0.2, -0.15) is 9.57 Å². The third-order valence-electron chi connectivity index (χ3n) is 2.43. The van der Waals surface area contributed by atoms with Gasteiger partial charge in [0.2, 0.25) is 10.0 Å². The van der Waals surface area contributed by atoms with Gasteiger partial charge < -0.3 is 5.73 Å². The van der Waals surface area contributed by atoms with E-state index in [4.69, 9.17) is 22.6 Å². The van der Waals surface area contributed by atoms with E-state index in [1.165, 1.54) is 22.5 Å². The van der Waals surface area contributed by atoms with E-state index in [0.717, 1.165) is 0 Å². The van der Waals surface area contributed by atoms with Gasteiger partial charge in [0.1, 0.15) is 0 Å². The Kier molecular flexibility index (Phi) is 4.96. The van der Waals surface area contributed by atoms with Crippen molar-refractivity contribution in [3.63, 3.8) is 0 Å². The minimum absolute atomic E-state index is 0.0872. The van der Waals surface area contributed by atoms with Crippen LogP contribution in [0.1, 0.15) is 13.3 Å². The van der Waals surface area contributed by atoms with E-state index >= 15 is 0 Å². The number of nitriles is 1. The molecule has 0 saturated heterocycles. The SMILES string of the molecule is CCN(CCC#N)S(=O)(=O)c1ccc(Cl)c(N)c1. The summed E-state index contributed by atoms with van der Waals surface area (Å²) in [4.78, 5) is 0.0872. The molecule has 0 amide bonds. The molecule has 7 heteroatoms. The summed E-state index contributed by atoms with van der Waals surface area (Å²) in [6, 6.07) is 6.10. The number of halogens is 1. The molecule has 0 heterocycles. The van der Waals surface area contributed by atoms with Crippen LogP contribution in [0.3, 0.4) is 0 Å². The lowest BCUT2D eigenvalue weighted by Crippen LogP contribution is -2.31. The number of nitrogens with two attached hydrogens (primary N) is 1. The van der Waals surface area contributed by atoms with E-state index in [0.29, 0.717) is 11.6 Å². The molecule has 1 aromatic carbocycles. The molecule has 98 valence electrons. The van der Waals surface area contributed by atoms with E-state index in [2.05, 4.69) is 0 Å². The molecule has 0 radical (unpaired) electrons. The molecule has 0 unspecified atom stereocenters. The van der Waals surface area contributed by atoms with Crippen molar-refractivity contribution in [3.8, 4) is 6.07 Å². The fourth-order valence-electron chi connectivity index (χ4n) is 1.45. The fraction of sp³-hybridized carbons (Fsp3) is 0.364. The predicted molar refractivity (Wildman–Crippen MR) is 70.5 cm³/mol. The molecule has 0 aromatic heterocycles. The summed E-state index contributed by atoms with van der Waals surface area (Å²) >= 11 is 5.75. The van der Waals surface area contributed by atoms with Gasteiger partial charge in [0.05, 0.1) is 21.7 Å². The summed E-state index contributed by atoms with van der Waals surface area (Å²) in [5.74, 6) is 0. The van der Waals surface area contributed by atoms with Crippen molar-refractivity contribution in [1.82, 2.24) is 4.31 Å². The van der Waals surface area contributed by atoms with Gasteiger partial charge in [-0.15, -0.1) is 0 Å². The first-order chi connectivity index (χ1) is 8.43. The van der Waals surface area contributed by atoms with Crippen LogP contribution in [0.25, 0.3) is 0 Å². The maximum Gasteiger partial charge on any atom is 0.243 e. The Hall–Kier alpha value is -1.29. The molecule has 18 heavy (non-hydrogen) atoms. The lowest BCUT2D eigenvalue weighted by Gasteiger charge is -2.19. The maximum absolute atomic E-state index is 12.3. The Morgan fingerprint density at radius 2 is 2.17 bits per heavy atom. The largest absolute Gasteiger partial charge is 0.397 e. The molecule has 0 saturated carbocycles. The highest BCUT2D eigenvalue weighted by Gasteiger charge is 2.23. The van der Waals surface area contributed by atoms with E-state index in [9.17, 15) is 8.42 Å². The Labute approximate surface area is 112 Å². The normalized spacial score (nSPS) is 11.4. The summed E-state index contributed by atoms with van der Waals surface area (Å²) in [5, 5.41) is 8.83. The van der Waals surface area contributed by atoms with E-state index in [-0.39, 0.29) is 23.5 Å². The summed E-state index contributed by atoms with van der Waals surface area (Å²) in [7, 11) is -3.62. The molecular formula is C11H14ClN3O2S. The number of hydrogen-bond donors (Lipinski definition) is 1. The van der Waals surface area contributed by atoms with Crippen LogP contribution in [0.15, 0.2) is 23.1 Å². The standard InChI is InChI=1S/C11H14ClN3O2S/c1-2-15(7-3-6-13)18(16,17)9-4-5-10(12)11(14)8-9/h4-5,8H,2-3,7,14H2,1H3. The van der Waals surface area contributed by atoms with Crippen LogP contribution in [-0.2, 0) is 10.0 Å². The number of hydrogen-bond acceptors (Lipinski definition) is 4. The molecule has 0 bridgehead atoms. The average Bonchev–Trinajstić information content (AvgIpc) is 2.33. The van der Waals surface area contributed by atoms with Crippen molar-refractivity contribution in [2.24, 2.45) is 0 Å². The number of nitrogen functional groups attached to an aromatic ring is 1. The molecule has 0 fully saturated rings. The molecular weight excluding hydrogens is 274 g/mol. The smallest absolute Gasteiger partial charge is 0.243 e. The number of anilines is 1. The Morgan fingerprint density at radius 1 is 1.50 bits per heavy atom. The van der Waals surface area contributed by atoms with Gasteiger partial charge in [-0.25, -0.2) is 8.42 Å². The topological polar surface area (TPSA) is 87.2 Å². The predicted octanol–water partition coefficient (Wildman–Crippen LogP) is 1.85. The minimum Gasteiger partial charge on any atom is -0.397 e. The van der Waals surface area contributed by atoms with Crippen molar-refractivity contribution >= 4 is 27.3 Å². The number of nitrogens with zero attached hydrogens (tertiary/aromatic N) is 2. The second kappa shape index (κ2) is 6.05. The van der Waals surface area contributed by atoms with Gasteiger partial charge in [0.25, 0.3) is 0 Å². The summed E-state index contributed by atoms with van der Waals surface area (Å²) in [5.41, 5.74) is 5.81. The first-order valence-electron chi connectivity index (χ1n) is 5.35. The Balaban J connectivity index is 3.11. The highest BCUT2D eigenvalue weighted by molar-refractivity contribution is 7.89. The van der Waals surface area contributed by atoms with Gasteiger partial charge >= 0.3 is 0 Å². The van der Waals surface area contributed by atoms with Crippen LogP contribution in [0.5, 0.6) is 0 Å². The molecule has 2 N–H and O–H groups in total. The van der Waals surface area contributed by atoms with Crippen LogP contribution < -0.4 is 5.73 Å². The average molecular weight is 288 g/mol. The molecule has 0 aliphatic carbocycles. The first kappa shape index (κ1) is 14.8. The number of sulfonamides is 1. The highest BCUT2D eigenvalue weighted by Crippen LogP contribution is 2.24. The van der Waals surface area contributed by atoms with Crippen molar-refractivity contribution < 1.29 is 8.42 Å². The molecule has 1 rings (SSSR count). The summed E-state index contributed by atoms with van der Waals surface area (Å²) in [6.45, 7) is 2.18. The minimum atomic E-state index is -3.62. The van der Waals surface area contributed by atoms with Gasteiger partial charge in [0, 0.05) is 19.5 Å². The third kappa shape index (κ3) is 3.13. The molecule has 0 aliphatic heterocycles. The van der Waals surface area contributed by atoms with E-state index < -0.39 is 10.0 Å². The summed E-state index contributed by atoms with van der Waals surface area (Å²) in [6.07, 6.45) is 0.149. The zero-order valence-electron chi connectivity index (χ0n) is 9.93. The molecule has 1 aromatic rings. The lowest BCUT2D eigenvalue weighted by molar-refractivity contribution is 0.435. The highest BCUT2D eigenvalue weighted by atomic mass is 35.5. The van der Waals surface area contributed by atoms with E-state index in [1.807, 2.05) is 6.07 Å².